The van der Waals surface area contributed by atoms with E-state index < -0.39 is 5.92 Å². The smallest absolute Gasteiger partial charge is 0.254 e. The highest BCUT2D eigenvalue weighted by atomic mass is 16.2. The minimum Gasteiger partial charge on any atom is -0.361 e. The molecule has 30 heavy (non-hydrogen) atoms. The molecule has 0 bridgehead atoms. The topological polar surface area (TPSA) is 65.2 Å². The first-order valence-electron chi connectivity index (χ1n) is 9.92. The van der Waals surface area contributed by atoms with E-state index in [0.717, 1.165) is 27.7 Å². The van der Waals surface area contributed by atoms with E-state index in [4.69, 9.17) is 0 Å². The summed E-state index contributed by atoms with van der Waals surface area (Å²) in [5, 5.41) is 4.11. The van der Waals surface area contributed by atoms with Gasteiger partial charge in [0.1, 0.15) is 0 Å². The second-order valence-electron chi connectivity index (χ2n) is 7.61. The van der Waals surface area contributed by atoms with E-state index >= 15 is 0 Å². The van der Waals surface area contributed by atoms with Gasteiger partial charge >= 0.3 is 0 Å². The van der Waals surface area contributed by atoms with Gasteiger partial charge < -0.3 is 15.2 Å². The molecule has 1 aliphatic rings. The number of hydrogen-bond donors (Lipinski definition) is 2. The molecule has 1 aromatic heterocycles. The summed E-state index contributed by atoms with van der Waals surface area (Å²) < 4.78 is 0. The molecule has 2 amide bonds. The van der Waals surface area contributed by atoms with Crippen LogP contribution in [0.4, 0.5) is 5.69 Å². The average molecular weight is 395 g/mol. The Morgan fingerprint density at radius 1 is 0.967 bits per heavy atom. The Morgan fingerprint density at radius 2 is 1.73 bits per heavy atom. The molecule has 2 heterocycles. The molecular formula is C25H21N3O2. The predicted molar refractivity (Wildman–Crippen MR) is 117 cm³/mol. The quantitative estimate of drug-likeness (QED) is 0.527. The summed E-state index contributed by atoms with van der Waals surface area (Å²) in [6.07, 6.45) is 1.87. The zero-order valence-electron chi connectivity index (χ0n) is 16.5. The van der Waals surface area contributed by atoms with Gasteiger partial charge in [0.15, 0.2) is 0 Å². The second-order valence-corrected chi connectivity index (χ2v) is 7.61. The van der Waals surface area contributed by atoms with Crippen LogP contribution in [0.5, 0.6) is 0 Å². The van der Waals surface area contributed by atoms with Gasteiger partial charge in [0.2, 0.25) is 5.91 Å². The van der Waals surface area contributed by atoms with E-state index in [1.54, 1.807) is 18.0 Å². The van der Waals surface area contributed by atoms with Gasteiger partial charge in [-0.05, 0) is 41.5 Å². The lowest BCUT2D eigenvalue weighted by Crippen LogP contribution is -2.44. The van der Waals surface area contributed by atoms with Crippen LogP contribution in [-0.2, 0) is 4.79 Å². The van der Waals surface area contributed by atoms with Crippen molar-refractivity contribution >= 4 is 28.4 Å². The van der Waals surface area contributed by atoms with Crippen LogP contribution >= 0.6 is 0 Å². The Bertz CT molecular complexity index is 1250. The molecule has 0 aliphatic carbocycles. The number of anilines is 1. The standard InChI is InChI=1S/C25H21N3O2/c1-28-23(16-7-3-2-4-8-16)22(19-9-5-6-10-20(19)25(28)30)24(29)27-18-11-12-21-17(15-18)13-14-26-21/h2-15,22-23,26H,1H3,(H,27,29)/t22-,23-/m1/s1. The van der Waals surface area contributed by atoms with Gasteiger partial charge in [-0.2, -0.15) is 0 Å². The number of aromatic nitrogens is 1. The summed E-state index contributed by atoms with van der Waals surface area (Å²) in [6, 6.07) is 24.5. The lowest BCUT2D eigenvalue weighted by Gasteiger charge is -2.39. The van der Waals surface area contributed by atoms with E-state index in [1.165, 1.54) is 0 Å². The third kappa shape index (κ3) is 2.95. The molecule has 2 atom stereocenters. The van der Waals surface area contributed by atoms with Crippen LogP contribution in [0.3, 0.4) is 0 Å². The molecule has 2 N–H and O–H groups in total. The van der Waals surface area contributed by atoms with Crippen molar-refractivity contribution in [2.24, 2.45) is 0 Å². The van der Waals surface area contributed by atoms with Crippen molar-refractivity contribution in [2.45, 2.75) is 12.0 Å². The molecule has 3 aromatic carbocycles. The number of likely N-dealkylation sites (N-methyl/N-ethyl adjacent to an activating group) is 1. The first-order chi connectivity index (χ1) is 14.6. The average Bonchev–Trinajstić information content (AvgIpc) is 3.24. The van der Waals surface area contributed by atoms with Crippen LogP contribution in [0.2, 0.25) is 0 Å². The highest BCUT2D eigenvalue weighted by Gasteiger charge is 2.42. The van der Waals surface area contributed by atoms with Crippen molar-refractivity contribution < 1.29 is 9.59 Å². The predicted octanol–water partition coefficient (Wildman–Crippen LogP) is 4.72. The summed E-state index contributed by atoms with van der Waals surface area (Å²) in [7, 11) is 1.77. The summed E-state index contributed by atoms with van der Waals surface area (Å²) in [5.41, 5.74) is 4.02. The van der Waals surface area contributed by atoms with Crippen LogP contribution in [0.15, 0.2) is 85.1 Å². The highest BCUT2D eigenvalue weighted by molar-refractivity contribution is 6.04. The second kappa shape index (κ2) is 7.19. The van der Waals surface area contributed by atoms with Crippen LogP contribution in [-0.4, -0.2) is 28.7 Å². The maximum atomic E-state index is 13.6. The monoisotopic (exact) mass is 395 g/mol. The van der Waals surface area contributed by atoms with E-state index in [-0.39, 0.29) is 17.9 Å². The molecule has 5 rings (SSSR count). The number of nitrogens with one attached hydrogen (secondary N) is 2. The Hall–Kier alpha value is -3.86. The molecule has 1 aliphatic heterocycles. The summed E-state index contributed by atoms with van der Waals surface area (Å²) in [4.78, 5) is 31.5. The number of rotatable bonds is 3. The van der Waals surface area contributed by atoms with Crippen LogP contribution < -0.4 is 5.32 Å². The maximum Gasteiger partial charge on any atom is 0.254 e. The molecule has 0 saturated heterocycles. The van der Waals surface area contributed by atoms with Gasteiger partial charge in [-0.3, -0.25) is 9.59 Å². The number of fused-ring (bicyclic) bond motifs is 2. The largest absolute Gasteiger partial charge is 0.361 e. The number of nitrogens with zero attached hydrogens (tertiary/aromatic N) is 1. The Kier molecular flexibility index (Phi) is 4.36. The molecule has 0 unspecified atom stereocenters. The molecule has 5 nitrogen and oxygen atoms in total. The number of benzene rings is 3. The number of amides is 2. The third-order valence-corrected chi connectivity index (χ3v) is 5.82. The van der Waals surface area contributed by atoms with Gasteiger partial charge in [-0.1, -0.05) is 48.5 Å². The fourth-order valence-electron chi connectivity index (χ4n) is 4.37. The molecule has 0 radical (unpaired) electrons. The molecular weight excluding hydrogens is 374 g/mol. The number of H-pyrrole nitrogens is 1. The number of carbonyl (C=O) groups is 2. The first kappa shape index (κ1) is 18.2. The third-order valence-electron chi connectivity index (χ3n) is 5.82. The molecule has 0 fully saturated rings. The normalized spacial score (nSPS) is 18.3. The molecule has 0 spiro atoms. The van der Waals surface area contributed by atoms with E-state index in [2.05, 4.69) is 10.3 Å². The Labute approximate surface area is 174 Å². The van der Waals surface area contributed by atoms with Gasteiger partial charge in [0, 0.05) is 35.4 Å². The van der Waals surface area contributed by atoms with Crippen molar-refractivity contribution in [3.8, 4) is 0 Å². The van der Waals surface area contributed by atoms with Gasteiger partial charge in [-0.25, -0.2) is 0 Å². The molecule has 0 saturated carbocycles. The van der Waals surface area contributed by atoms with Crippen LogP contribution in [0.25, 0.3) is 10.9 Å². The highest BCUT2D eigenvalue weighted by Crippen LogP contribution is 2.42. The number of carbonyl (C=O) groups excluding carboxylic acids is 2. The molecule has 4 aromatic rings. The maximum absolute atomic E-state index is 13.6. The van der Waals surface area contributed by atoms with Crippen LogP contribution in [0, 0.1) is 0 Å². The summed E-state index contributed by atoms with van der Waals surface area (Å²) in [5.74, 6) is -0.726. The van der Waals surface area contributed by atoms with Crippen LogP contribution in [0.1, 0.15) is 33.4 Å². The fraction of sp³-hybridized carbons (Fsp3) is 0.120. The molecule has 148 valence electrons. The lowest BCUT2D eigenvalue weighted by atomic mass is 9.79. The minimum absolute atomic E-state index is 0.0720. The lowest BCUT2D eigenvalue weighted by molar-refractivity contribution is -0.119. The van der Waals surface area contributed by atoms with Gasteiger partial charge in [-0.15, -0.1) is 0 Å². The van der Waals surface area contributed by atoms with Crippen molar-refractivity contribution in [1.29, 1.82) is 0 Å². The Balaban J connectivity index is 1.58. The van der Waals surface area contributed by atoms with Gasteiger partial charge in [0.05, 0.1) is 12.0 Å². The number of aromatic amines is 1. The zero-order chi connectivity index (χ0) is 20.7. The summed E-state index contributed by atoms with van der Waals surface area (Å²) >= 11 is 0. The minimum atomic E-state index is -0.520. The summed E-state index contributed by atoms with van der Waals surface area (Å²) in [6.45, 7) is 0. The fourth-order valence-corrected chi connectivity index (χ4v) is 4.37. The molecule has 5 heteroatoms. The van der Waals surface area contributed by atoms with E-state index in [9.17, 15) is 9.59 Å². The number of hydrogen-bond acceptors (Lipinski definition) is 2. The first-order valence-corrected chi connectivity index (χ1v) is 9.92. The Morgan fingerprint density at radius 3 is 2.57 bits per heavy atom. The van der Waals surface area contributed by atoms with Crippen molar-refractivity contribution in [3.63, 3.8) is 0 Å². The van der Waals surface area contributed by atoms with E-state index in [0.29, 0.717) is 5.56 Å². The zero-order valence-corrected chi connectivity index (χ0v) is 16.5. The van der Waals surface area contributed by atoms with Gasteiger partial charge in [0.25, 0.3) is 5.91 Å². The van der Waals surface area contributed by atoms with Crippen molar-refractivity contribution in [1.82, 2.24) is 9.88 Å². The SMILES string of the molecule is CN1C(=O)c2ccccc2[C@@H](C(=O)Nc2ccc3[nH]ccc3c2)[C@H]1c1ccccc1. The van der Waals surface area contributed by atoms with Crippen molar-refractivity contribution in [2.75, 3.05) is 12.4 Å². The van der Waals surface area contributed by atoms with E-state index in [1.807, 2.05) is 79.0 Å². The van der Waals surface area contributed by atoms with Crippen molar-refractivity contribution in [3.05, 3.63) is 102 Å².